The van der Waals surface area contributed by atoms with Crippen LogP contribution < -0.4 is 0 Å². The number of rotatable bonds is 2. The first-order valence-electron chi connectivity index (χ1n) is 6.06. The molecule has 0 heterocycles. The van der Waals surface area contributed by atoms with Crippen LogP contribution in [0.25, 0.3) is 0 Å². The van der Waals surface area contributed by atoms with E-state index in [0.29, 0.717) is 11.3 Å². The second-order valence-electron chi connectivity index (χ2n) is 4.58. The molecule has 0 fully saturated rings. The maximum Gasteiger partial charge on any atom is 0.185 e. The highest BCUT2D eigenvalue weighted by molar-refractivity contribution is 7.91. The van der Waals surface area contributed by atoms with Crippen molar-refractivity contribution in [3.63, 3.8) is 0 Å². The molecule has 92 valence electrons. The summed E-state index contributed by atoms with van der Waals surface area (Å²) in [5.74, 6) is 0. The molecule has 1 unspecified atom stereocenters. The summed E-state index contributed by atoms with van der Waals surface area (Å²) in [7, 11) is -3.25. The average molecular weight is 258 g/mol. The quantitative estimate of drug-likeness (QED) is 0.829. The summed E-state index contributed by atoms with van der Waals surface area (Å²) >= 11 is 0. The van der Waals surface area contributed by atoms with Crippen LogP contribution in [0, 0.1) is 0 Å². The molecular weight excluding hydrogens is 244 g/mol. The molecule has 2 aromatic rings. The molecule has 0 N–H and O–H groups in total. The standard InChI is InChI=1S/C15H14O2S/c16-18(17,13-7-2-1-3-8-13)15-11-10-12-6-4-5-9-14(12)15/h1-9,15H,10-11H2. The molecule has 0 bridgehead atoms. The second-order valence-corrected chi connectivity index (χ2v) is 6.71. The minimum Gasteiger partial charge on any atom is -0.223 e. The Hall–Kier alpha value is -1.61. The van der Waals surface area contributed by atoms with Gasteiger partial charge in [0.05, 0.1) is 10.1 Å². The van der Waals surface area contributed by atoms with Gasteiger partial charge in [-0.3, -0.25) is 0 Å². The van der Waals surface area contributed by atoms with Crippen molar-refractivity contribution < 1.29 is 8.42 Å². The Morgan fingerprint density at radius 1 is 0.889 bits per heavy atom. The van der Waals surface area contributed by atoms with Gasteiger partial charge in [0, 0.05) is 0 Å². The van der Waals surface area contributed by atoms with E-state index in [0.717, 1.165) is 12.0 Å². The van der Waals surface area contributed by atoms with Crippen molar-refractivity contribution in [2.75, 3.05) is 0 Å². The lowest BCUT2D eigenvalue weighted by Gasteiger charge is -2.13. The number of hydrogen-bond donors (Lipinski definition) is 0. The Bertz CT molecular complexity index is 660. The molecule has 0 amide bonds. The van der Waals surface area contributed by atoms with Crippen LogP contribution >= 0.6 is 0 Å². The number of fused-ring (bicyclic) bond motifs is 1. The van der Waals surface area contributed by atoms with E-state index in [1.54, 1.807) is 24.3 Å². The first-order valence-corrected chi connectivity index (χ1v) is 7.61. The Kier molecular flexibility index (Phi) is 2.71. The van der Waals surface area contributed by atoms with Crippen LogP contribution in [0.1, 0.15) is 22.8 Å². The molecule has 0 radical (unpaired) electrons. The number of hydrogen-bond acceptors (Lipinski definition) is 2. The van der Waals surface area contributed by atoms with Crippen molar-refractivity contribution in [1.82, 2.24) is 0 Å². The van der Waals surface area contributed by atoms with Crippen LogP contribution in [0.15, 0.2) is 59.5 Å². The Labute approximate surface area is 107 Å². The molecule has 3 rings (SSSR count). The fraction of sp³-hybridized carbons (Fsp3) is 0.200. The lowest BCUT2D eigenvalue weighted by atomic mass is 10.1. The van der Waals surface area contributed by atoms with Crippen molar-refractivity contribution in [2.24, 2.45) is 0 Å². The minimum absolute atomic E-state index is 0.379. The van der Waals surface area contributed by atoms with Crippen LogP contribution in [-0.4, -0.2) is 8.42 Å². The van der Waals surface area contributed by atoms with E-state index in [1.165, 1.54) is 5.56 Å². The van der Waals surface area contributed by atoms with Crippen LogP contribution in [0.5, 0.6) is 0 Å². The van der Waals surface area contributed by atoms with Crippen molar-refractivity contribution in [2.45, 2.75) is 23.0 Å². The van der Waals surface area contributed by atoms with Crippen molar-refractivity contribution in [1.29, 1.82) is 0 Å². The van der Waals surface area contributed by atoms with Gasteiger partial charge in [0.15, 0.2) is 9.84 Å². The molecule has 1 aliphatic rings. The van der Waals surface area contributed by atoms with Gasteiger partial charge >= 0.3 is 0 Å². The van der Waals surface area contributed by atoms with E-state index < -0.39 is 9.84 Å². The van der Waals surface area contributed by atoms with Crippen molar-refractivity contribution in [3.8, 4) is 0 Å². The number of aryl methyl sites for hydroxylation is 1. The van der Waals surface area contributed by atoms with Gasteiger partial charge in [-0.05, 0) is 36.1 Å². The molecule has 0 spiro atoms. The molecule has 18 heavy (non-hydrogen) atoms. The van der Waals surface area contributed by atoms with Crippen LogP contribution in [0.3, 0.4) is 0 Å². The topological polar surface area (TPSA) is 34.1 Å². The summed E-state index contributed by atoms with van der Waals surface area (Å²) in [5.41, 5.74) is 2.14. The Balaban J connectivity index is 2.08. The van der Waals surface area contributed by atoms with Gasteiger partial charge in [-0.25, -0.2) is 8.42 Å². The summed E-state index contributed by atoms with van der Waals surface area (Å²) in [6, 6.07) is 16.6. The molecule has 0 saturated heterocycles. The normalized spacial score (nSPS) is 18.6. The van der Waals surface area contributed by atoms with E-state index in [2.05, 4.69) is 0 Å². The van der Waals surface area contributed by atoms with E-state index in [4.69, 9.17) is 0 Å². The summed E-state index contributed by atoms with van der Waals surface area (Å²) in [6.45, 7) is 0. The fourth-order valence-corrected chi connectivity index (χ4v) is 4.47. The zero-order chi connectivity index (χ0) is 12.6. The second kappa shape index (κ2) is 4.25. The van der Waals surface area contributed by atoms with E-state index in [9.17, 15) is 8.42 Å². The summed E-state index contributed by atoms with van der Waals surface area (Å²) in [5, 5.41) is -0.379. The van der Waals surface area contributed by atoms with E-state index in [1.807, 2.05) is 30.3 Å². The zero-order valence-electron chi connectivity index (χ0n) is 9.91. The minimum atomic E-state index is -3.25. The van der Waals surface area contributed by atoms with Gasteiger partial charge in [-0.1, -0.05) is 42.5 Å². The molecule has 1 aliphatic carbocycles. The van der Waals surface area contributed by atoms with Gasteiger partial charge in [0.2, 0.25) is 0 Å². The molecule has 2 aromatic carbocycles. The SMILES string of the molecule is O=S(=O)(c1ccccc1)C1CCc2ccccc21. The third kappa shape index (κ3) is 1.75. The molecule has 0 aliphatic heterocycles. The third-order valence-corrected chi connectivity index (χ3v) is 5.69. The van der Waals surface area contributed by atoms with Crippen LogP contribution in [-0.2, 0) is 16.3 Å². The van der Waals surface area contributed by atoms with Gasteiger partial charge in [0.1, 0.15) is 0 Å². The van der Waals surface area contributed by atoms with Crippen LogP contribution in [0.4, 0.5) is 0 Å². The number of sulfone groups is 1. The molecule has 0 saturated carbocycles. The maximum absolute atomic E-state index is 12.6. The zero-order valence-corrected chi connectivity index (χ0v) is 10.7. The van der Waals surface area contributed by atoms with Gasteiger partial charge in [-0.2, -0.15) is 0 Å². The molecule has 2 nitrogen and oxygen atoms in total. The molecular formula is C15H14O2S. The average Bonchev–Trinajstić information content (AvgIpc) is 2.84. The lowest BCUT2D eigenvalue weighted by Crippen LogP contribution is -2.11. The predicted octanol–water partition coefficient (Wildman–Crippen LogP) is 3.15. The predicted molar refractivity (Wildman–Crippen MR) is 71.1 cm³/mol. The highest BCUT2D eigenvalue weighted by Crippen LogP contribution is 2.39. The smallest absolute Gasteiger partial charge is 0.185 e. The summed E-state index contributed by atoms with van der Waals surface area (Å²) in [6.07, 6.45) is 1.55. The maximum atomic E-state index is 12.6. The largest absolute Gasteiger partial charge is 0.223 e. The van der Waals surface area contributed by atoms with Gasteiger partial charge < -0.3 is 0 Å². The summed E-state index contributed by atoms with van der Waals surface area (Å²) < 4.78 is 25.2. The molecule has 1 atom stereocenters. The van der Waals surface area contributed by atoms with E-state index >= 15 is 0 Å². The van der Waals surface area contributed by atoms with E-state index in [-0.39, 0.29) is 5.25 Å². The Morgan fingerprint density at radius 3 is 2.33 bits per heavy atom. The third-order valence-electron chi connectivity index (χ3n) is 3.52. The van der Waals surface area contributed by atoms with Crippen LogP contribution in [0.2, 0.25) is 0 Å². The fourth-order valence-electron chi connectivity index (χ4n) is 2.61. The highest BCUT2D eigenvalue weighted by Gasteiger charge is 2.34. The first-order chi connectivity index (χ1) is 8.69. The molecule has 3 heteroatoms. The summed E-state index contributed by atoms with van der Waals surface area (Å²) in [4.78, 5) is 0.423. The van der Waals surface area contributed by atoms with Gasteiger partial charge in [-0.15, -0.1) is 0 Å². The monoisotopic (exact) mass is 258 g/mol. The van der Waals surface area contributed by atoms with Crippen molar-refractivity contribution in [3.05, 3.63) is 65.7 Å². The van der Waals surface area contributed by atoms with Crippen molar-refractivity contribution >= 4 is 9.84 Å². The Morgan fingerprint density at radius 2 is 1.56 bits per heavy atom. The number of benzene rings is 2. The lowest BCUT2D eigenvalue weighted by molar-refractivity contribution is 0.581. The highest BCUT2D eigenvalue weighted by atomic mass is 32.2. The molecule has 0 aromatic heterocycles. The van der Waals surface area contributed by atoms with Gasteiger partial charge in [0.25, 0.3) is 0 Å². The first kappa shape index (κ1) is 11.5.